The van der Waals surface area contributed by atoms with Crippen molar-refractivity contribution in [3.63, 3.8) is 0 Å². The molecule has 7 heteroatoms. The number of anilines is 1. The molecule has 3 heterocycles. The van der Waals surface area contributed by atoms with Gasteiger partial charge in [-0.3, -0.25) is 24.3 Å². The molecule has 2 aliphatic heterocycles. The monoisotopic (exact) mass is 432 g/mol. The zero-order valence-corrected chi connectivity index (χ0v) is 18.2. The quantitative estimate of drug-likeness (QED) is 0.694. The predicted octanol–water partition coefficient (Wildman–Crippen LogP) is 3.11. The van der Waals surface area contributed by atoms with Gasteiger partial charge in [-0.05, 0) is 36.6 Å². The van der Waals surface area contributed by atoms with Gasteiger partial charge < -0.3 is 9.80 Å². The first kappa shape index (κ1) is 20.7. The fourth-order valence-corrected chi connectivity index (χ4v) is 5.17. The third kappa shape index (κ3) is 3.76. The maximum Gasteiger partial charge on any atom is 0.263 e. The lowest BCUT2D eigenvalue weighted by atomic mass is 9.88. The number of carbonyl (C=O) groups is 3. The van der Waals surface area contributed by atoms with E-state index in [1.165, 1.54) is 11.3 Å². The Morgan fingerprint density at radius 3 is 2.44 bits per heavy atom. The molecule has 0 unspecified atom stereocenters. The average Bonchev–Trinajstić information content (AvgIpc) is 3.10. The van der Waals surface area contributed by atoms with Gasteiger partial charge in [-0.1, -0.05) is 31.4 Å². The SMILES string of the molecule is O=C(C1CCCCC1)N1CCN(c2cccc3c2C(=O)N(Cc2cccnc2)C3=O)CC1. The summed E-state index contributed by atoms with van der Waals surface area (Å²) in [5.41, 5.74) is 2.54. The van der Waals surface area contributed by atoms with Crippen LogP contribution in [0.15, 0.2) is 42.7 Å². The normalized spacial score (nSPS) is 19.4. The van der Waals surface area contributed by atoms with Crippen molar-refractivity contribution in [2.75, 3.05) is 31.1 Å². The maximum absolute atomic E-state index is 13.2. The highest BCUT2D eigenvalue weighted by molar-refractivity contribution is 6.23. The Morgan fingerprint density at radius 1 is 0.938 bits per heavy atom. The number of hydrogen-bond acceptors (Lipinski definition) is 5. The molecule has 0 atom stereocenters. The van der Waals surface area contributed by atoms with Crippen LogP contribution in [0, 0.1) is 5.92 Å². The Hall–Kier alpha value is -3.22. The molecule has 5 rings (SSSR count). The molecule has 0 N–H and O–H groups in total. The highest BCUT2D eigenvalue weighted by Gasteiger charge is 2.39. The summed E-state index contributed by atoms with van der Waals surface area (Å²) in [6, 6.07) is 9.14. The molecule has 0 radical (unpaired) electrons. The summed E-state index contributed by atoms with van der Waals surface area (Å²) >= 11 is 0. The first-order valence-electron chi connectivity index (χ1n) is 11.6. The van der Waals surface area contributed by atoms with Crippen molar-refractivity contribution in [3.05, 3.63) is 59.4 Å². The first-order valence-corrected chi connectivity index (χ1v) is 11.6. The van der Waals surface area contributed by atoms with Gasteiger partial charge in [0.1, 0.15) is 0 Å². The van der Waals surface area contributed by atoms with E-state index < -0.39 is 0 Å². The number of amides is 3. The van der Waals surface area contributed by atoms with Gasteiger partial charge in [-0.15, -0.1) is 0 Å². The van der Waals surface area contributed by atoms with Crippen LogP contribution in [-0.4, -0.2) is 58.7 Å². The number of nitrogens with zero attached hydrogens (tertiary/aromatic N) is 4. The van der Waals surface area contributed by atoms with Crippen molar-refractivity contribution in [2.24, 2.45) is 5.92 Å². The van der Waals surface area contributed by atoms with Crippen LogP contribution < -0.4 is 4.90 Å². The second-order valence-electron chi connectivity index (χ2n) is 8.90. The number of aromatic nitrogens is 1. The average molecular weight is 433 g/mol. The largest absolute Gasteiger partial charge is 0.367 e. The molecule has 2 fully saturated rings. The van der Waals surface area contributed by atoms with E-state index in [-0.39, 0.29) is 30.2 Å². The molecule has 7 nitrogen and oxygen atoms in total. The highest BCUT2D eigenvalue weighted by Crippen LogP contribution is 2.33. The van der Waals surface area contributed by atoms with E-state index in [2.05, 4.69) is 9.88 Å². The molecule has 0 bridgehead atoms. The molecule has 1 saturated carbocycles. The molecule has 32 heavy (non-hydrogen) atoms. The molecule has 1 saturated heterocycles. The van der Waals surface area contributed by atoms with Crippen molar-refractivity contribution < 1.29 is 14.4 Å². The van der Waals surface area contributed by atoms with Gasteiger partial charge in [0.25, 0.3) is 11.8 Å². The van der Waals surface area contributed by atoms with Crippen LogP contribution in [0.25, 0.3) is 0 Å². The number of carbonyl (C=O) groups excluding carboxylic acids is 3. The van der Waals surface area contributed by atoms with Crippen LogP contribution in [0.1, 0.15) is 58.4 Å². The molecule has 1 aromatic carbocycles. The van der Waals surface area contributed by atoms with Gasteiger partial charge in [0.2, 0.25) is 5.91 Å². The van der Waals surface area contributed by atoms with E-state index >= 15 is 0 Å². The van der Waals surface area contributed by atoms with E-state index in [4.69, 9.17) is 0 Å². The lowest BCUT2D eigenvalue weighted by Crippen LogP contribution is -2.51. The predicted molar refractivity (Wildman–Crippen MR) is 120 cm³/mol. The first-order chi connectivity index (χ1) is 15.6. The van der Waals surface area contributed by atoms with Gasteiger partial charge in [0, 0.05) is 44.5 Å². The van der Waals surface area contributed by atoms with E-state index in [0.717, 1.165) is 36.9 Å². The second kappa shape index (κ2) is 8.73. The van der Waals surface area contributed by atoms with Crippen molar-refractivity contribution in [1.29, 1.82) is 0 Å². The fraction of sp³-hybridized carbons (Fsp3) is 0.440. The number of fused-ring (bicyclic) bond motifs is 1. The number of pyridine rings is 1. The smallest absolute Gasteiger partial charge is 0.263 e. The third-order valence-corrected chi connectivity index (χ3v) is 6.93. The zero-order chi connectivity index (χ0) is 22.1. The van der Waals surface area contributed by atoms with Crippen LogP contribution in [0.3, 0.4) is 0 Å². The minimum absolute atomic E-state index is 0.177. The summed E-state index contributed by atoms with van der Waals surface area (Å²) in [7, 11) is 0. The highest BCUT2D eigenvalue weighted by atomic mass is 16.2. The maximum atomic E-state index is 13.2. The number of piperazine rings is 1. The lowest BCUT2D eigenvalue weighted by molar-refractivity contribution is -0.136. The van der Waals surface area contributed by atoms with Gasteiger partial charge in [-0.2, -0.15) is 0 Å². The summed E-state index contributed by atoms with van der Waals surface area (Å²) in [4.78, 5) is 48.6. The van der Waals surface area contributed by atoms with E-state index in [1.807, 2.05) is 23.1 Å². The number of benzene rings is 1. The third-order valence-electron chi connectivity index (χ3n) is 6.93. The van der Waals surface area contributed by atoms with Crippen LogP contribution in [0.2, 0.25) is 0 Å². The van der Waals surface area contributed by atoms with Gasteiger partial charge in [0.15, 0.2) is 0 Å². The van der Waals surface area contributed by atoms with Crippen LogP contribution in [0.5, 0.6) is 0 Å². The molecule has 1 aliphatic carbocycles. The minimum atomic E-state index is -0.262. The Balaban J connectivity index is 1.30. The molecular formula is C25H28N4O3. The molecule has 0 spiro atoms. The summed E-state index contributed by atoms with van der Waals surface area (Å²) in [5, 5.41) is 0. The fourth-order valence-electron chi connectivity index (χ4n) is 5.17. The Kier molecular flexibility index (Phi) is 5.64. The van der Waals surface area contributed by atoms with Crippen molar-refractivity contribution in [3.8, 4) is 0 Å². The Labute approximate surface area is 188 Å². The standard InChI is InChI=1S/C25H28N4O3/c30-23(19-7-2-1-3-8-19)28-14-12-27(13-15-28)21-10-4-9-20-22(21)25(32)29(24(20)31)17-18-6-5-11-26-16-18/h4-6,9-11,16,19H,1-3,7-8,12-15,17H2. The van der Waals surface area contributed by atoms with Crippen LogP contribution >= 0.6 is 0 Å². The summed E-state index contributed by atoms with van der Waals surface area (Å²) in [5.74, 6) is -0.0555. The number of rotatable bonds is 4. The van der Waals surface area contributed by atoms with Gasteiger partial charge in [0.05, 0.1) is 23.4 Å². The molecule has 1 aromatic heterocycles. The van der Waals surface area contributed by atoms with E-state index in [9.17, 15) is 14.4 Å². The molecular weight excluding hydrogens is 404 g/mol. The Morgan fingerprint density at radius 2 is 1.72 bits per heavy atom. The van der Waals surface area contributed by atoms with Crippen LogP contribution in [0.4, 0.5) is 5.69 Å². The Bertz CT molecular complexity index is 1020. The number of imide groups is 1. The molecule has 3 amide bonds. The topological polar surface area (TPSA) is 73.8 Å². The van der Waals surface area contributed by atoms with E-state index in [0.29, 0.717) is 37.3 Å². The zero-order valence-electron chi connectivity index (χ0n) is 18.2. The summed E-state index contributed by atoms with van der Waals surface area (Å²) in [6.45, 7) is 2.85. The molecule has 166 valence electrons. The summed E-state index contributed by atoms with van der Waals surface area (Å²) < 4.78 is 0. The molecule has 2 aromatic rings. The van der Waals surface area contributed by atoms with Crippen LogP contribution in [-0.2, 0) is 11.3 Å². The summed E-state index contributed by atoms with van der Waals surface area (Å²) in [6.07, 6.45) is 8.90. The van der Waals surface area contributed by atoms with E-state index in [1.54, 1.807) is 24.5 Å². The second-order valence-corrected chi connectivity index (χ2v) is 8.90. The van der Waals surface area contributed by atoms with Crippen molar-refractivity contribution in [1.82, 2.24) is 14.8 Å². The van der Waals surface area contributed by atoms with Crippen molar-refractivity contribution in [2.45, 2.75) is 38.6 Å². The van der Waals surface area contributed by atoms with Gasteiger partial charge in [-0.25, -0.2) is 0 Å². The number of hydrogen-bond donors (Lipinski definition) is 0. The van der Waals surface area contributed by atoms with Crippen molar-refractivity contribution >= 4 is 23.4 Å². The molecule has 3 aliphatic rings. The van der Waals surface area contributed by atoms with Gasteiger partial charge >= 0.3 is 0 Å². The lowest BCUT2D eigenvalue weighted by Gasteiger charge is -2.38. The minimum Gasteiger partial charge on any atom is -0.367 e.